The topological polar surface area (TPSA) is 66.0 Å². The number of thiazole rings is 1. The zero-order valence-electron chi connectivity index (χ0n) is 10.1. The van der Waals surface area contributed by atoms with Gasteiger partial charge in [-0.3, -0.25) is 0 Å². The highest BCUT2D eigenvalue weighted by molar-refractivity contribution is 7.13. The number of carboxylic acids is 1. The summed E-state index contributed by atoms with van der Waals surface area (Å²) < 4.78 is 13.2. The number of halogens is 1. The number of aromatic nitrogens is 2. The maximum Gasteiger partial charge on any atom is 0.352 e. The normalized spacial score (nSPS) is 10.7. The van der Waals surface area contributed by atoms with Crippen LogP contribution in [-0.2, 0) is 0 Å². The van der Waals surface area contributed by atoms with E-state index in [2.05, 4.69) is 9.97 Å². The highest BCUT2D eigenvalue weighted by Gasteiger charge is 2.11. The van der Waals surface area contributed by atoms with Gasteiger partial charge in [0, 0.05) is 22.7 Å². The Morgan fingerprint density at radius 2 is 2.15 bits per heavy atom. The highest BCUT2D eigenvalue weighted by atomic mass is 32.1. The van der Waals surface area contributed by atoms with E-state index in [9.17, 15) is 9.18 Å². The van der Waals surface area contributed by atoms with E-state index in [1.54, 1.807) is 18.3 Å². The smallest absolute Gasteiger partial charge is 0.352 e. The fourth-order valence-electron chi connectivity index (χ4n) is 1.83. The van der Waals surface area contributed by atoms with E-state index in [1.807, 2.05) is 5.38 Å². The summed E-state index contributed by atoms with van der Waals surface area (Å²) in [5.74, 6) is -1.33. The second-order valence-corrected chi connectivity index (χ2v) is 5.01. The van der Waals surface area contributed by atoms with E-state index >= 15 is 0 Å². The molecule has 0 atom stereocenters. The summed E-state index contributed by atoms with van der Waals surface area (Å²) >= 11 is 1.38. The molecule has 2 N–H and O–H groups in total. The molecule has 3 aromatic rings. The highest BCUT2D eigenvalue weighted by Crippen LogP contribution is 2.29. The quantitative estimate of drug-likeness (QED) is 0.773. The van der Waals surface area contributed by atoms with Gasteiger partial charge in [0.15, 0.2) is 0 Å². The Bertz CT molecular complexity index is 779. The van der Waals surface area contributed by atoms with Crippen LogP contribution in [0.5, 0.6) is 0 Å². The van der Waals surface area contributed by atoms with Gasteiger partial charge in [-0.25, -0.2) is 14.2 Å². The Kier molecular flexibility index (Phi) is 3.08. The first-order valence-electron chi connectivity index (χ1n) is 5.77. The third kappa shape index (κ3) is 2.33. The summed E-state index contributed by atoms with van der Waals surface area (Å²) in [6, 6.07) is 7.73. The molecule has 2 heterocycles. The summed E-state index contributed by atoms with van der Waals surface area (Å²) in [6.45, 7) is 0. The lowest BCUT2D eigenvalue weighted by Crippen LogP contribution is -1.94. The van der Waals surface area contributed by atoms with Gasteiger partial charge in [-0.15, -0.1) is 11.3 Å². The number of hydrogen-bond acceptors (Lipinski definition) is 3. The first kappa shape index (κ1) is 12.6. The number of aromatic carboxylic acids is 1. The van der Waals surface area contributed by atoms with E-state index in [4.69, 9.17) is 5.11 Å². The largest absolute Gasteiger partial charge is 0.477 e. The van der Waals surface area contributed by atoms with Crippen molar-refractivity contribution in [3.05, 3.63) is 53.4 Å². The minimum Gasteiger partial charge on any atom is -0.477 e. The molecule has 0 bridgehead atoms. The molecular weight excluding hydrogens is 279 g/mol. The molecule has 6 heteroatoms. The first-order chi connectivity index (χ1) is 9.63. The summed E-state index contributed by atoms with van der Waals surface area (Å²) in [4.78, 5) is 17.9. The van der Waals surface area contributed by atoms with Gasteiger partial charge in [0.05, 0.1) is 5.69 Å². The van der Waals surface area contributed by atoms with Crippen LogP contribution >= 0.6 is 11.3 Å². The maximum atomic E-state index is 13.2. The molecule has 0 aliphatic carbocycles. The van der Waals surface area contributed by atoms with Gasteiger partial charge in [-0.05, 0) is 18.2 Å². The molecule has 0 saturated carbocycles. The number of hydrogen-bond donors (Lipinski definition) is 2. The van der Waals surface area contributed by atoms with Crippen molar-refractivity contribution in [3.63, 3.8) is 0 Å². The van der Waals surface area contributed by atoms with Gasteiger partial charge in [0.1, 0.15) is 16.5 Å². The Balaban J connectivity index is 1.95. The van der Waals surface area contributed by atoms with E-state index in [0.717, 1.165) is 0 Å². The molecule has 0 radical (unpaired) electrons. The van der Waals surface area contributed by atoms with E-state index < -0.39 is 5.97 Å². The van der Waals surface area contributed by atoms with Crippen LogP contribution in [0.2, 0.25) is 0 Å². The van der Waals surface area contributed by atoms with Crippen LogP contribution in [-0.4, -0.2) is 21.0 Å². The third-order valence-electron chi connectivity index (χ3n) is 2.78. The van der Waals surface area contributed by atoms with Gasteiger partial charge in [0.2, 0.25) is 0 Å². The molecule has 0 amide bonds. The summed E-state index contributed by atoms with van der Waals surface area (Å²) in [7, 11) is 0. The predicted octanol–water partition coefficient (Wildman–Crippen LogP) is 3.64. The zero-order valence-corrected chi connectivity index (χ0v) is 10.9. The molecule has 4 nitrogen and oxygen atoms in total. The molecule has 3 rings (SSSR count). The van der Waals surface area contributed by atoms with Crippen molar-refractivity contribution in [2.75, 3.05) is 0 Å². The predicted molar refractivity (Wildman–Crippen MR) is 74.3 cm³/mol. The Morgan fingerprint density at radius 1 is 1.30 bits per heavy atom. The van der Waals surface area contributed by atoms with Gasteiger partial charge in [0.25, 0.3) is 0 Å². The number of benzene rings is 1. The zero-order chi connectivity index (χ0) is 14.1. The molecule has 20 heavy (non-hydrogen) atoms. The molecule has 100 valence electrons. The van der Waals surface area contributed by atoms with Gasteiger partial charge in [-0.1, -0.05) is 12.1 Å². The van der Waals surface area contributed by atoms with Crippen molar-refractivity contribution in [1.29, 1.82) is 0 Å². The summed E-state index contributed by atoms with van der Waals surface area (Å²) in [5.41, 5.74) is 2.18. The van der Waals surface area contributed by atoms with Crippen LogP contribution in [0.1, 0.15) is 10.5 Å². The molecule has 0 spiro atoms. The number of nitrogens with one attached hydrogen (secondary N) is 1. The van der Waals surface area contributed by atoms with E-state index in [0.29, 0.717) is 21.8 Å². The van der Waals surface area contributed by atoms with Crippen LogP contribution in [0.4, 0.5) is 4.39 Å². The van der Waals surface area contributed by atoms with Crippen LogP contribution in [0.15, 0.2) is 41.9 Å². The Morgan fingerprint density at radius 3 is 2.85 bits per heavy atom. The Hall–Kier alpha value is -2.47. The number of carboxylic acid groups (broad SMARTS) is 1. The minimum atomic E-state index is -1.02. The van der Waals surface area contributed by atoms with E-state index in [-0.39, 0.29) is 11.5 Å². The standard InChI is InChI=1S/C14H9FN2O2S/c15-10-3-1-2-8(4-10)13-17-12(7-20-13)9-5-11(14(18)19)16-6-9/h1-7,16H,(H,18,19). The van der Waals surface area contributed by atoms with Crippen molar-refractivity contribution in [2.45, 2.75) is 0 Å². The number of aromatic amines is 1. The van der Waals surface area contributed by atoms with Crippen molar-refractivity contribution >= 4 is 17.3 Å². The minimum absolute atomic E-state index is 0.111. The molecule has 2 aromatic heterocycles. The average molecular weight is 288 g/mol. The molecule has 0 unspecified atom stereocenters. The SMILES string of the molecule is O=C(O)c1cc(-c2csc(-c3cccc(F)c3)n2)c[nH]1. The lowest BCUT2D eigenvalue weighted by atomic mass is 10.2. The monoisotopic (exact) mass is 288 g/mol. The van der Waals surface area contributed by atoms with Gasteiger partial charge in [-0.2, -0.15) is 0 Å². The second-order valence-electron chi connectivity index (χ2n) is 4.16. The number of nitrogens with zero attached hydrogens (tertiary/aromatic N) is 1. The van der Waals surface area contributed by atoms with Crippen LogP contribution in [0.3, 0.4) is 0 Å². The number of carbonyl (C=O) groups is 1. The summed E-state index contributed by atoms with van der Waals surface area (Å²) in [6.07, 6.45) is 1.59. The molecular formula is C14H9FN2O2S. The van der Waals surface area contributed by atoms with Crippen molar-refractivity contribution in [2.24, 2.45) is 0 Å². The first-order valence-corrected chi connectivity index (χ1v) is 6.65. The van der Waals surface area contributed by atoms with Crippen molar-refractivity contribution < 1.29 is 14.3 Å². The third-order valence-corrected chi connectivity index (χ3v) is 3.68. The molecule has 0 aliphatic rings. The number of rotatable bonds is 3. The molecule has 0 aliphatic heterocycles. The maximum absolute atomic E-state index is 13.2. The molecule has 0 saturated heterocycles. The van der Waals surface area contributed by atoms with Gasteiger partial charge < -0.3 is 10.1 Å². The van der Waals surface area contributed by atoms with Gasteiger partial charge >= 0.3 is 5.97 Å². The Labute approximate surface area is 117 Å². The van der Waals surface area contributed by atoms with Crippen LogP contribution in [0.25, 0.3) is 21.8 Å². The fraction of sp³-hybridized carbons (Fsp3) is 0. The molecule has 0 fully saturated rings. The van der Waals surface area contributed by atoms with Crippen molar-refractivity contribution in [3.8, 4) is 21.8 Å². The lowest BCUT2D eigenvalue weighted by Gasteiger charge is -1.95. The lowest BCUT2D eigenvalue weighted by molar-refractivity contribution is 0.0691. The van der Waals surface area contributed by atoms with Crippen LogP contribution < -0.4 is 0 Å². The second kappa shape index (κ2) is 4.90. The van der Waals surface area contributed by atoms with E-state index in [1.165, 1.54) is 29.5 Å². The fourth-order valence-corrected chi connectivity index (χ4v) is 2.65. The molecule has 1 aromatic carbocycles. The summed E-state index contributed by atoms with van der Waals surface area (Å²) in [5, 5.41) is 11.4. The number of H-pyrrole nitrogens is 1. The van der Waals surface area contributed by atoms with Crippen molar-refractivity contribution in [1.82, 2.24) is 9.97 Å². The average Bonchev–Trinajstić information content (AvgIpc) is 3.08. The van der Waals surface area contributed by atoms with Crippen LogP contribution in [0, 0.1) is 5.82 Å².